The van der Waals surface area contributed by atoms with E-state index in [2.05, 4.69) is 27.8 Å². The number of benzene rings is 1. The van der Waals surface area contributed by atoms with Crippen LogP contribution in [0.1, 0.15) is 18.0 Å². The normalized spacial score (nSPS) is 29.0. The molecule has 4 nitrogen and oxygen atoms in total. The predicted octanol–water partition coefficient (Wildman–Crippen LogP) is 1.85. The Hall–Kier alpha value is -1.65. The number of aliphatic hydroxyl groups excluding tert-OH is 1. The van der Waals surface area contributed by atoms with Crippen LogP contribution in [-0.4, -0.2) is 34.0 Å². The Morgan fingerprint density at radius 3 is 3.11 bits per heavy atom. The summed E-state index contributed by atoms with van der Waals surface area (Å²) in [7, 11) is 0. The van der Waals surface area contributed by atoms with Crippen LogP contribution in [-0.2, 0) is 4.74 Å². The molecule has 1 aromatic heterocycles. The molecule has 0 aliphatic carbocycles. The van der Waals surface area contributed by atoms with Crippen molar-refractivity contribution in [2.24, 2.45) is 5.92 Å². The monoisotopic (exact) mass is 256 g/mol. The zero-order valence-electron chi connectivity index (χ0n) is 10.6. The van der Waals surface area contributed by atoms with Crippen molar-refractivity contribution in [1.29, 1.82) is 0 Å². The van der Waals surface area contributed by atoms with Crippen molar-refractivity contribution in [1.82, 2.24) is 9.55 Å². The molecule has 98 valence electrons. The zero-order chi connectivity index (χ0) is 12.8. The lowest BCUT2D eigenvalue weighted by molar-refractivity contribution is -0.0481. The van der Waals surface area contributed by atoms with E-state index in [9.17, 15) is 5.11 Å². The summed E-state index contributed by atoms with van der Waals surface area (Å²) in [6, 6.07) is 8.52. The number of aromatic nitrogens is 2. The molecule has 0 spiro atoms. The van der Waals surface area contributed by atoms with Gasteiger partial charge in [-0.1, -0.05) is 24.3 Å². The lowest BCUT2D eigenvalue weighted by Gasteiger charge is -2.33. The highest BCUT2D eigenvalue weighted by atomic mass is 16.5. The fraction of sp³-hybridized carbons (Fsp3) is 0.400. The molecule has 3 heterocycles. The maximum atomic E-state index is 10.3. The van der Waals surface area contributed by atoms with Gasteiger partial charge in [-0.25, -0.2) is 4.98 Å². The van der Waals surface area contributed by atoms with E-state index in [1.807, 2.05) is 18.6 Å². The summed E-state index contributed by atoms with van der Waals surface area (Å²) in [5.74, 6) is 0.102. The maximum absolute atomic E-state index is 10.3. The summed E-state index contributed by atoms with van der Waals surface area (Å²) in [5, 5.41) is 10.3. The first-order valence-corrected chi connectivity index (χ1v) is 6.73. The molecule has 0 bridgehead atoms. The predicted molar refractivity (Wildman–Crippen MR) is 70.7 cm³/mol. The first-order chi connectivity index (χ1) is 9.36. The number of ether oxygens (including phenoxy) is 1. The van der Waals surface area contributed by atoms with Crippen molar-refractivity contribution in [3.05, 3.63) is 42.4 Å². The number of aliphatic hydroxyl groups is 1. The molecule has 1 fully saturated rings. The van der Waals surface area contributed by atoms with E-state index in [0.29, 0.717) is 19.6 Å². The van der Waals surface area contributed by atoms with Gasteiger partial charge in [0.05, 0.1) is 37.0 Å². The number of imidazole rings is 1. The van der Waals surface area contributed by atoms with Gasteiger partial charge in [-0.3, -0.25) is 0 Å². The molecule has 1 N–H and O–H groups in total. The molecule has 2 aliphatic rings. The Morgan fingerprint density at radius 2 is 2.21 bits per heavy atom. The van der Waals surface area contributed by atoms with Gasteiger partial charge in [-0.05, 0) is 12.0 Å². The van der Waals surface area contributed by atoms with E-state index in [0.717, 1.165) is 5.69 Å². The highest BCUT2D eigenvalue weighted by Crippen LogP contribution is 2.44. The summed E-state index contributed by atoms with van der Waals surface area (Å²) in [6.45, 7) is 1.26. The quantitative estimate of drug-likeness (QED) is 0.847. The lowest BCUT2D eigenvalue weighted by atomic mass is 9.86. The number of hydrogen-bond donors (Lipinski definition) is 1. The number of nitrogens with zero attached hydrogens (tertiary/aromatic N) is 2. The molecule has 4 heteroatoms. The van der Waals surface area contributed by atoms with Crippen LogP contribution in [0.25, 0.3) is 11.3 Å². The highest BCUT2D eigenvalue weighted by molar-refractivity contribution is 5.69. The van der Waals surface area contributed by atoms with E-state index < -0.39 is 0 Å². The van der Waals surface area contributed by atoms with Gasteiger partial charge >= 0.3 is 0 Å². The minimum atomic E-state index is -0.305. The summed E-state index contributed by atoms with van der Waals surface area (Å²) >= 11 is 0. The second kappa shape index (κ2) is 4.18. The van der Waals surface area contributed by atoms with E-state index in [1.54, 1.807) is 0 Å². The van der Waals surface area contributed by atoms with Crippen LogP contribution in [0.3, 0.4) is 0 Å². The molecule has 4 rings (SSSR count). The van der Waals surface area contributed by atoms with Gasteiger partial charge < -0.3 is 14.4 Å². The van der Waals surface area contributed by atoms with Gasteiger partial charge in [0.1, 0.15) is 0 Å². The first kappa shape index (κ1) is 11.2. The molecule has 0 amide bonds. The fourth-order valence-corrected chi connectivity index (χ4v) is 3.36. The third kappa shape index (κ3) is 1.57. The van der Waals surface area contributed by atoms with E-state index in [-0.39, 0.29) is 18.1 Å². The van der Waals surface area contributed by atoms with Gasteiger partial charge in [0, 0.05) is 18.1 Å². The molecule has 2 aliphatic heterocycles. The summed E-state index contributed by atoms with van der Waals surface area (Å²) < 4.78 is 7.75. The van der Waals surface area contributed by atoms with Crippen LogP contribution in [0.2, 0.25) is 0 Å². The Kier molecular flexibility index (Phi) is 2.47. The SMILES string of the molecule is O[C@@H]1CCOC[C@H]1[C@H]1c2ccccc2-c2cncn21. The Balaban J connectivity index is 1.84. The number of hydrogen-bond acceptors (Lipinski definition) is 3. The molecule has 0 saturated carbocycles. The minimum absolute atomic E-state index is 0.102. The third-order valence-corrected chi connectivity index (χ3v) is 4.29. The molecule has 2 aromatic rings. The average Bonchev–Trinajstić information content (AvgIpc) is 3.00. The summed E-state index contributed by atoms with van der Waals surface area (Å²) in [5.41, 5.74) is 3.63. The van der Waals surface area contributed by atoms with Crippen molar-refractivity contribution in [2.75, 3.05) is 13.2 Å². The van der Waals surface area contributed by atoms with Crippen LogP contribution in [0.4, 0.5) is 0 Å². The van der Waals surface area contributed by atoms with E-state index >= 15 is 0 Å². The van der Waals surface area contributed by atoms with Crippen LogP contribution >= 0.6 is 0 Å². The highest BCUT2D eigenvalue weighted by Gasteiger charge is 2.39. The van der Waals surface area contributed by atoms with Gasteiger partial charge in [-0.2, -0.15) is 0 Å². The molecule has 19 heavy (non-hydrogen) atoms. The topological polar surface area (TPSA) is 47.3 Å². The van der Waals surface area contributed by atoms with Crippen molar-refractivity contribution in [3.8, 4) is 11.3 Å². The van der Waals surface area contributed by atoms with Gasteiger partial charge in [0.15, 0.2) is 0 Å². The smallest absolute Gasteiger partial charge is 0.0956 e. The Bertz CT molecular complexity index is 608. The lowest BCUT2D eigenvalue weighted by Crippen LogP contribution is -2.37. The standard InChI is InChI=1S/C15H16N2O2/c18-14-5-6-19-8-12(14)15-11-4-2-1-3-10(11)13-7-16-9-17(13)15/h1-4,7,9,12,14-15,18H,5-6,8H2/t12-,14-,15-/m1/s1. The molecular weight excluding hydrogens is 240 g/mol. The molecule has 3 atom stereocenters. The van der Waals surface area contributed by atoms with Crippen LogP contribution < -0.4 is 0 Å². The zero-order valence-corrected chi connectivity index (χ0v) is 10.6. The van der Waals surface area contributed by atoms with Gasteiger partial charge in [0.25, 0.3) is 0 Å². The largest absolute Gasteiger partial charge is 0.393 e. The second-order valence-electron chi connectivity index (χ2n) is 5.31. The van der Waals surface area contributed by atoms with Crippen molar-refractivity contribution < 1.29 is 9.84 Å². The molecule has 1 aromatic carbocycles. The second-order valence-corrected chi connectivity index (χ2v) is 5.31. The van der Waals surface area contributed by atoms with E-state index in [4.69, 9.17) is 4.74 Å². The van der Waals surface area contributed by atoms with Crippen molar-refractivity contribution >= 4 is 0 Å². The average molecular weight is 256 g/mol. The van der Waals surface area contributed by atoms with Crippen LogP contribution in [0.5, 0.6) is 0 Å². The Labute approximate surface area is 111 Å². The molecule has 1 saturated heterocycles. The molecule has 0 radical (unpaired) electrons. The van der Waals surface area contributed by atoms with E-state index in [1.165, 1.54) is 11.1 Å². The summed E-state index contributed by atoms with van der Waals surface area (Å²) in [6.07, 6.45) is 4.17. The maximum Gasteiger partial charge on any atom is 0.0956 e. The first-order valence-electron chi connectivity index (χ1n) is 6.73. The fourth-order valence-electron chi connectivity index (χ4n) is 3.36. The van der Waals surface area contributed by atoms with Gasteiger partial charge in [-0.15, -0.1) is 0 Å². The third-order valence-electron chi connectivity index (χ3n) is 4.29. The molecular formula is C15H16N2O2. The van der Waals surface area contributed by atoms with Gasteiger partial charge in [0.2, 0.25) is 0 Å². The van der Waals surface area contributed by atoms with Crippen molar-refractivity contribution in [2.45, 2.75) is 18.6 Å². The van der Waals surface area contributed by atoms with Crippen LogP contribution in [0.15, 0.2) is 36.8 Å². The number of fused-ring (bicyclic) bond motifs is 3. The number of rotatable bonds is 1. The van der Waals surface area contributed by atoms with Crippen LogP contribution in [0, 0.1) is 5.92 Å². The minimum Gasteiger partial charge on any atom is -0.393 e. The Morgan fingerprint density at radius 1 is 1.32 bits per heavy atom. The molecule has 0 unspecified atom stereocenters. The summed E-state index contributed by atoms with van der Waals surface area (Å²) in [4.78, 5) is 4.25. The van der Waals surface area contributed by atoms with Crippen molar-refractivity contribution in [3.63, 3.8) is 0 Å².